The van der Waals surface area contributed by atoms with Crippen molar-refractivity contribution >= 4 is 11.8 Å². The van der Waals surface area contributed by atoms with Gasteiger partial charge < -0.3 is 10.2 Å². The van der Waals surface area contributed by atoms with Crippen molar-refractivity contribution in [2.75, 3.05) is 6.54 Å². The van der Waals surface area contributed by atoms with Gasteiger partial charge in [0.2, 0.25) is 11.8 Å². The number of carbonyl (C=O) groups is 2. The van der Waals surface area contributed by atoms with E-state index in [1.54, 1.807) is 11.8 Å². The van der Waals surface area contributed by atoms with Gasteiger partial charge in [0.1, 0.15) is 6.04 Å². The lowest BCUT2D eigenvalue weighted by Crippen LogP contribution is -2.50. The Morgan fingerprint density at radius 1 is 1.14 bits per heavy atom. The van der Waals surface area contributed by atoms with Crippen molar-refractivity contribution in [3.63, 3.8) is 0 Å². The molecule has 22 heavy (non-hydrogen) atoms. The molecule has 1 rings (SSSR count). The van der Waals surface area contributed by atoms with Crippen LogP contribution in [0.25, 0.3) is 0 Å². The molecule has 4 nitrogen and oxygen atoms in total. The second kappa shape index (κ2) is 9.23. The number of nitrogens with zero attached hydrogens (tertiary/aromatic N) is 1. The van der Waals surface area contributed by atoms with Crippen LogP contribution in [0.1, 0.15) is 46.1 Å². The molecular formula is C18H28N2O2. The van der Waals surface area contributed by atoms with Crippen LogP contribution in [0.15, 0.2) is 30.3 Å². The van der Waals surface area contributed by atoms with Gasteiger partial charge in [0.15, 0.2) is 0 Å². The maximum Gasteiger partial charge on any atom is 0.242 e. The molecule has 1 aromatic carbocycles. The maximum absolute atomic E-state index is 12.3. The molecule has 2 atom stereocenters. The third-order valence-corrected chi connectivity index (χ3v) is 3.95. The van der Waals surface area contributed by atoms with Crippen LogP contribution in [0.4, 0.5) is 0 Å². The van der Waals surface area contributed by atoms with Gasteiger partial charge in [-0.2, -0.15) is 0 Å². The first-order valence-electron chi connectivity index (χ1n) is 8.13. The SMILES string of the molecule is CCC(=O)N(CCc1ccccc1)[C@H](C)C(=O)N[C@H](C)CC. The number of rotatable bonds is 8. The Balaban J connectivity index is 2.71. The summed E-state index contributed by atoms with van der Waals surface area (Å²) >= 11 is 0. The predicted molar refractivity (Wildman–Crippen MR) is 89.5 cm³/mol. The number of hydrogen-bond acceptors (Lipinski definition) is 2. The van der Waals surface area contributed by atoms with E-state index in [1.165, 1.54) is 5.56 Å². The third-order valence-electron chi connectivity index (χ3n) is 3.95. The maximum atomic E-state index is 12.3. The van der Waals surface area contributed by atoms with Gasteiger partial charge in [0.05, 0.1) is 0 Å². The van der Waals surface area contributed by atoms with Crippen LogP contribution < -0.4 is 5.32 Å². The third kappa shape index (κ3) is 5.51. The van der Waals surface area contributed by atoms with E-state index in [9.17, 15) is 9.59 Å². The highest BCUT2D eigenvalue weighted by Crippen LogP contribution is 2.08. The topological polar surface area (TPSA) is 49.4 Å². The molecule has 4 heteroatoms. The minimum Gasteiger partial charge on any atom is -0.352 e. The predicted octanol–water partition coefficient (Wildman–Crippen LogP) is 2.77. The Morgan fingerprint density at radius 3 is 2.32 bits per heavy atom. The molecule has 0 radical (unpaired) electrons. The summed E-state index contributed by atoms with van der Waals surface area (Å²) in [5, 5.41) is 2.95. The first-order valence-corrected chi connectivity index (χ1v) is 8.13. The smallest absolute Gasteiger partial charge is 0.242 e. The van der Waals surface area contributed by atoms with Gasteiger partial charge in [-0.25, -0.2) is 0 Å². The van der Waals surface area contributed by atoms with E-state index < -0.39 is 6.04 Å². The Bertz CT molecular complexity index is 473. The zero-order valence-electron chi connectivity index (χ0n) is 14.1. The summed E-state index contributed by atoms with van der Waals surface area (Å²) in [7, 11) is 0. The van der Waals surface area contributed by atoms with Crippen LogP contribution in [0.2, 0.25) is 0 Å². The molecule has 0 heterocycles. The number of nitrogens with one attached hydrogen (secondary N) is 1. The second-order valence-electron chi connectivity index (χ2n) is 5.67. The van der Waals surface area contributed by atoms with E-state index in [0.29, 0.717) is 13.0 Å². The van der Waals surface area contributed by atoms with Crippen molar-refractivity contribution in [2.45, 2.75) is 59.0 Å². The molecule has 0 aliphatic rings. The molecule has 0 spiro atoms. The van der Waals surface area contributed by atoms with Crippen molar-refractivity contribution in [3.05, 3.63) is 35.9 Å². The highest BCUT2D eigenvalue weighted by molar-refractivity contribution is 5.87. The Morgan fingerprint density at radius 2 is 1.77 bits per heavy atom. The molecule has 122 valence electrons. The lowest BCUT2D eigenvalue weighted by atomic mass is 10.1. The molecule has 0 aliphatic carbocycles. The number of benzene rings is 1. The number of carbonyl (C=O) groups excluding carboxylic acids is 2. The molecule has 0 fully saturated rings. The summed E-state index contributed by atoms with van der Waals surface area (Å²) in [5.41, 5.74) is 1.17. The van der Waals surface area contributed by atoms with Crippen molar-refractivity contribution in [3.8, 4) is 0 Å². The van der Waals surface area contributed by atoms with Gasteiger partial charge in [-0.3, -0.25) is 9.59 Å². The monoisotopic (exact) mass is 304 g/mol. The molecule has 0 aliphatic heterocycles. The van der Waals surface area contributed by atoms with E-state index in [4.69, 9.17) is 0 Å². The first-order chi connectivity index (χ1) is 10.5. The van der Waals surface area contributed by atoms with Crippen LogP contribution in [0, 0.1) is 0 Å². The highest BCUT2D eigenvalue weighted by atomic mass is 16.2. The lowest BCUT2D eigenvalue weighted by Gasteiger charge is -2.29. The quantitative estimate of drug-likeness (QED) is 0.803. The Hall–Kier alpha value is -1.84. The van der Waals surface area contributed by atoms with E-state index in [-0.39, 0.29) is 17.9 Å². The van der Waals surface area contributed by atoms with Crippen molar-refractivity contribution < 1.29 is 9.59 Å². The minimum absolute atomic E-state index is 0.0164. The van der Waals surface area contributed by atoms with Gasteiger partial charge >= 0.3 is 0 Å². The summed E-state index contributed by atoms with van der Waals surface area (Å²) in [6.45, 7) is 8.19. The standard InChI is InChI=1S/C18H28N2O2/c1-5-14(3)19-18(22)15(4)20(17(21)6-2)13-12-16-10-8-7-9-11-16/h7-11,14-15H,5-6,12-13H2,1-4H3,(H,19,22)/t14-,15-/m1/s1. The second-order valence-corrected chi connectivity index (χ2v) is 5.67. The first kappa shape index (κ1) is 18.2. The fourth-order valence-corrected chi connectivity index (χ4v) is 2.24. The van der Waals surface area contributed by atoms with Crippen LogP contribution >= 0.6 is 0 Å². The molecule has 0 unspecified atom stereocenters. The minimum atomic E-state index is -0.440. The van der Waals surface area contributed by atoms with Crippen LogP contribution in [-0.2, 0) is 16.0 Å². The molecule has 0 bridgehead atoms. The average Bonchev–Trinajstić information content (AvgIpc) is 2.55. The summed E-state index contributed by atoms with van der Waals surface area (Å²) < 4.78 is 0. The molecule has 0 saturated heterocycles. The fourth-order valence-electron chi connectivity index (χ4n) is 2.24. The van der Waals surface area contributed by atoms with Crippen molar-refractivity contribution in [1.82, 2.24) is 10.2 Å². The fraction of sp³-hybridized carbons (Fsp3) is 0.556. The van der Waals surface area contributed by atoms with E-state index >= 15 is 0 Å². The number of hydrogen-bond donors (Lipinski definition) is 1. The molecule has 2 amide bonds. The van der Waals surface area contributed by atoms with E-state index in [2.05, 4.69) is 5.32 Å². The Kier molecular flexibility index (Phi) is 7.64. The van der Waals surface area contributed by atoms with Crippen molar-refractivity contribution in [1.29, 1.82) is 0 Å². The molecular weight excluding hydrogens is 276 g/mol. The molecule has 1 aromatic rings. The van der Waals surface area contributed by atoms with Gasteiger partial charge in [-0.05, 0) is 32.3 Å². The van der Waals surface area contributed by atoms with Gasteiger partial charge in [0.25, 0.3) is 0 Å². The zero-order valence-corrected chi connectivity index (χ0v) is 14.1. The molecule has 1 N–H and O–H groups in total. The molecule has 0 saturated carbocycles. The normalized spacial score (nSPS) is 13.3. The van der Waals surface area contributed by atoms with E-state index in [1.807, 2.05) is 51.1 Å². The zero-order chi connectivity index (χ0) is 16.5. The summed E-state index contributed by atoms with van der Waals surface area (Å²) in [5.74, 6) is -0.0630. The van der Waals surface area contributed by atoms with E-state index in [0.717, 1.165) is 12.8 Å². The average molecular weight is 304 g/mol. The summed E-state index contributed by atoms with van der Waals surface area (Å²) in [4.78, 5) is 26.1. The number of amides is 2. The van der Waals surface area contributed by atoms with Crippen LogP contribution in [0.3, 0.4) is 0 Å². The molecule has 0 aromatic heterocycles. The largest absolute Gasteiger partial charge is 0.352 e. The summed E-state index contributed by atoms with van der Waals surface area (Å²) in [6, 6.07) is 9.71. The van der Waals surface area contributed by atoms with Crippen molar-refractivity contribution in [2.24, 2.45) is 0 Å². The van der Waals surface area contributed by atoms with Gasteiger partial charge in [0, 0.05) is 19.0 Å². The van der Waals surface area contributed by atoms with Crippen LogP contribution in [0.5, 0.6) is 0 Å². The highest BCUT2D eigenvalue weighted by Gasteiger charge is 2.25. The summed E-state index contributed by atoms with van der Waals surface area (Å²) in [6.07, 6.45) is 2.05. The Labute approximate surface area is 133 Å². The van der Waals surface area contributed by atoms with Gasteiger partial charge in [-0.15, -0.1) is 0 Å². The lowest BCUT2D eigenvalue weighted by molar-refractivity contribution is -0.139. The van der Waals surface area contributed by atoms with Crippen LogP contribution in [-0.4, -0.2) is 35.3 Å². The van der Waals surface area contributed by atoms with Gasteiger partial charge in [-0.1, -0.05) is 44.2 Å².